The van der Waals surface area contributed by atoms with E-state index in [0.717, 1.165) is 35.4 Å². The van der Waals surface area contributed by atoms with E-state index in [0.29, 0.717) is 0 Å². The number of hydrogen-bond donors (Lipinski definition) is 1. The number of halogens is 1. The second-order valence-corrected chi connectivity index (χ2v) is 5.08. The lowest BCUT2D eigenvalue weighted by Crippen LogP contribution is -2.07. The van der Waals surface area contributed by atoms with Crippen molar-refractivity contribution < 1.29 is 0 Å². The van der Waals surface area contributed by atoms with Crippen LogP contribution >= 0.6 is 15.9 Å². The maximum atomic E-state index is 4.54. The standard InChI is InChI=1S/C14H18BrN3/c1-3-12-9-14(18(4-2)17-12)10-16-13-7-5-6-11(15)8-13/h5-9,16H,3-4,10H2,1-2H3. The van der Waals surface area contributed by atoms with Crippen LogP contribution in [-0.2, 0) is 19.5 Å². The summed E-state index contributed by atoms with van der Waals surface area (Å²) >= 11 is 3.47. The van der Waals surface area contributed by atoms with E-state index in [4.69, 9.17) is 0 Å². The normalized spacial score (nSPS) is 10.6. The van der Waals surface area contributed by atoms with Crippen LogP contribution in [0.2, 0.25) is 0 Å². The summed E-state index contributed by atoms with van der Waals surface area (Å²) in [6.07, 6.45) is 0.983. The molecule has 0 saturated carbocycles. The van der Waals surface area contributed by atoms with Gasteiger partial charge in [-0.2, -0.15) is 5.10 Å². The number of benzene rings is 1. The second kappa shape index (κ2) is 6.05. The van der Waals surface area contributed by atoms with Crippen LogP contribution in [0.25, 0.3) is 0 Å². The van der Waals surface area contributed by atoms with Crippen molar-refractivity contribution in [3.05, 3.63) is 46.2 Å². The first-order valence-electron chi connectivity index (χ1n) is 6.28. The van der Waals surface area contributed by atoms with Crippen molar-refractivity contribution in [2.75, 3.05) is 5.32 Å². The number of rotatable bonds is 5. The van der Waals surface area contributed by atoms with Crippen LogP contribution in [0.15, 0.2) is 34.8 Å². The minimum Gasteiger partial charge on any atom is -0.379 e. The van der Waals surface area contributed by atoms with Gasteiger partial charge in [0.1, 0.15) is 0 Å². The van der Waals surface area contributed by atoms with Gasteiger partial charge in [0, 0.05) is 16.7 Å². The highest BCUT2D eigenvalue weighted by Crippen LogP contribution is 2.16. The molecule has 1 aromatic carbocycles. The number of nitrogens with zero attached hydrogens (tertiary/aromatic N) is 2. The quantitative estimate of drug-likeness (QED) is 0.909. The third kappa shape index (κ3) is 3.13. The average molecular weight is 308 g/mol. The summed E-state index contributed by atoms with van der Waals surface area (Å²) in [5, 5.41) is 7.97. The highest BCUT2D eigenvalue weighted by Gasteiger charge is 2.05. The monoisotopic (exact) mass is 307 g/mol. The average Bonchev–Trinajstić information content (AvgIpc) is 2.79. The lowest BCUT2D eigenvalue weighted by atomic mass is 10.3. The van der Waals surface area contributed by atoms with Crippen molar-refractivity contribution in [2.45, 2.75) is 33.4 Å². The smallest absolute Gasteiger partial charge is 0.0625 e. The molecule has 1 aromatic heterocycles. The molecule has 2 aromatic rings. The Kier molecular flexibility index (Phi) is 4.42. The fourth-order valence-electron chi connectivity index (χ4n) is 1.89. The third-order valence-corrected chi connectivity index (χ3v) is 3.37. The molecule has 2 rings (SSSR count). The summed E-state index contributed by atoms with van der Waals surface area (Å²) in [4.78, 5) is 0. The summed E-state index contributed by atoms with van der Waals surface area (Å²) in [6, 6.07) is 10.4. The number of anilines is 1. The van der Waals surface area contributed by atoms with Crippen molar-refractivity contribution in [3.63, 3.8) is 0 Å². The van der Waals surface area contributed by atoms with Crippen molar-refractivity contribution in [1.82, 2.24) is 9.78 Å². The van der Waals surface area contributed by atoms with E-state index in [9.17, 15) is 0 Å². The zero-order valence-electron chi connectivity index (χ0n) is 10.8. The van der Waals surface area contributed by atoms with Gasteiger partial charge in [-0.05, 0) is 37.6 Å². The molecule has 3 nitrogen and oxygen atoms in total. The number of nitrogens with one attached hydrogen (secondary N) is 1. The number of aryl methyl sites for hydroxylation is 2. The van der Waals surface area contributed by atoms with Crippen LogP contribution in [-0.4, -0.2) is 9.78 Å². The fourth-order valence-corrected chi connectivity index (χ4v) is 2.29. The van der Waals surface area contributed by atoms with Crippen molar-refractivity contribution >= 4 is 21.6 Å². The van der Waals surface area contributed by atoms with E-state index >= 15 is 0 Å². The lowest BCUT2D eigenvalue weighted by Gasteiger charge is -2.08. The first-order chi connectivity index (χ1) is 8.72. The van der Waals surface area contributed by atoms with E-state index in [1.807, 2.05) is 12.1 Å². The summed E-state index contributed by atoms with van der Waals surface area (Å²) in [6.45, 7) is 5.97. The van der Waals surface area contributed by atoms with Gasteiger partial charge < -0.3 is 5.32 Å². The molecule has 0 fully saturated rings. The van der Waals surface area contributed by atoms with E-state index in [1.54, 1.807) is 0 Å². The molecule has 0 aliphatic rings. The summed E-state index contributed by atoms with van der Waals surface area (Å²) in [5.74, 6) is 0. The van der Waals surface area contributed by atoms with Crippen LogP contribution in [0.3, 0.4) is 0 Å². The molecule has 0 radical (unpaired) electrons. The Balaban J connectivity index is 2.07. The molecular formula is C14H18BrN3. The van der Waals surface area contributed by atoms with Crippen molar-refractivity contribution in [3.8, 4) is 0 Å². The third-order valence-electron chi connectivity index (χ3n) is 2.87. The van der Waals surface area contributed by atoms with E-state index in [1.165, 1.54) is 5.69 Å². The van der Waals surface area contributed by atoms with E-state index in [2.05, 4.69) is 63.1 Å². The van der Waals surface area contributed by atoms with E-state index in [-0.39, 0.29) is 0 Å². The lowest BCUT2D eigenvalue weighted by molar-refractivity contribution is 0.619. The van der Waals surface area contributed by atoms with Gasteiger partial charge in [-0.3, -0.25) is 4.68 Å². The zero-order chi connectivity index (χ0) is 13.0. The molecule has 0 atom stereocenters. The first kappa shape index (κ1) is 13.1. The minimum atomic E-state index is 0.803. The summed E-state index contributed by atoms with van der Waals surface area (Å²) < 4.78 is 3.15. The number of aromatic nitrogens is 2. The Morgan fingerprint density at radius 2 is 2.11 bits per heavy atom. The summed E-state index contributed by atoms with van der Waals surface area (Å²) in [5.41, 5.74) is 3.50. The molecule has 1 heterocycles. The van der Waals surface area contributed by atoms with Crippen LogP contribution in [0, 0.1) is 0 Å². The second-order valence-electron chi connectivity index (χ2n) is 4.16. The van der Waals surface area contributed by atoms with Gasteiger partial charge in [0.25, 0.3) is 0 Å². The predicted molar refractivity (Wildman–Crippen MR) is 78.7 cm³/mol. The Labute approximate surface area is 116 Å². The molecule has 0 saturated heterocycles. The molecule has 0 aliphatic carbocycles. The Morgan fingerprint density at radius 3 is 2.78 bits per heavy atom. The Morgan fingerprint density at radius 1 is 1.28 bits per heavy atom. The molecule has 0 unspecified atom stereocenters. The maximum absolute atomic E-state index is 4.54. The SMILES string of the molecule is CCc1cc(CNc2cccc(Br)c2)n(CC)n1. The Bertz CT molecular complexity index is 520. The van der Waals surface area contributed by atoms with Gasteiger partial charge in [-0.15, -0.1) is 0 Å². The molecule has 18 heavy (non-hydrogen) atoms. The fraction of sp³-hybridized carbons (Fsp3) is 0.357. The van der Waals surface area contributed by atoms with E-state index < -0.39 is 0 Å². The highest BCUT2D eigenvalue weighted by molar-refractivity contribution is 9.10. The predicted octanol–water partition coefficient (Wildman–Crippen LogP) is 3.84. The van der Waals surface area contributed by atoms with Crippen LogP contribution < -0.4 is 5.32 Å². The molecule has 96 valence electrons. The summed E-state index contributed by atoms with van der Waals surface area (Å²) in [7, 11) is 0. The molecule has 4 heteroatoms. The molecule has 0 spiro atoms. The topological polar surface area (TPSA) is 29.9 Å². The first-order valence-corrected chi connectivity index (χ1v) is 7.07. The van der Waals surface area contributed by atoms with Crippen molar-refractivity contribution in [1.29, 1.82) is 0 Å². The largest absolute Gasteiger partial charge is 0.379 e. The van der Waals surface area contributed by atoms with Gasteiger partial charge in [0.05, 0.1) is 17.9 Å². The molecule has 0 amide bonds. The minimum absolute atomic E-state index is 0.803. The zero-order valence-corrected chi connectivity index (χ0v) is 12.4. The van der Waals surface area contributed by atoms with Crippen LogP contribution in [0.1, 0.15) is 25.2 Å². The molecule has 1 N–H and O–H groups in total. The van der Waals surface area contributed by atoms with Gasteiger partial charge in [0.15, 0.2) is 0 Å². The van der Waals surface area contributed by atoms with Crippen LogP contribution in [0.4, 0.5) is 5.69 Å². The van der Waals surface area contributed by atoms with Crippen molar-refractivity contribution in [2.24, 2.45) is 0 Å². The van der Waals surface area contributed by atoms with Gasteiger partial charge >= 0.3 is 0 Å². The maximum Gasteiger partial charge on any atom is 0.0625 e. The molecular weight excluding hydrogens is 290 g/mol. The van der Waals surface area contributed by atoms with Gasteiger partial charge in [-0.1, -0.05) is 28.9 Å². The van der Waals surface area contributed by atoms with Gasteiger partial charge in [0.2, 0.25) is 0 Å². The molecule has 0 aliphatic heterocycles. The highest BCUT2D eigenvalue weighted by atomic mass is 79.9. The molecule has 0 bridgehead atoms. The van der Waals surface area contributed by atoms with Gasteiger partial charge in [-0.25, -0.2) is 0 Å². The Hall–Kier alpha value is -1.29. The van der Waals surface area contributed by atoms with Crippen LogP contribution in [0.5, 0.6) is 0 Å². The number of hydrogen-bond acceptors (Lipinski definition) is 2.